The highest BCUT2D eigenvalue weighted by Gasteiger charge is 2.15. The number of hydrogen-bond acceptors (Lipinski definition) is 7. The van der Waals surface area contributed by atoms with Gasteiger partial charge in [0, 0.05) is 5.57 Å². The third kappa shape index (κ3) is 5.53. The Kier molecular flexibility index (Phi) is 6.91. The van der Waals surface area contributed by atoms with Gasteiger partial charge in [-0.05, 0) is 30.7 Å². The van der Waals surface area contributed by atoms with E-state index in [0.717, 1.165) is 0 Å². The van der Waals surface area contributed by atoms with Crippen LogP contribution in [0.5, 0.6) is 0 Å². The zero-order chi connectivity index (χ0) is 17.4. The van der Waals surface area contributed by atoms with Crippen LogP contribution in [0.2, 0.25) is 0 Å². The van der Waals surface area contributed by atoms with E-state index in [1.807, 2.05) is 0 Å². The molecule has 8 heteroatoms. The van der Waals surface area contributed by atoms with E-state index in [1.54, 1.807) is 0 Å². The molecular formula is C15H16O8. The molecule has 0 atom stereocenters. The Morgan fingerprint density at radius 2 is 1.83 bits per heavy atom. The fourth-order valence-electron chi connectivity index (χ4n) is 1.59. The Morgan fingerprint density at radius 3 is 2.39 bits per heavy atom. The topological polar surface area (TPSA) is 119 Å². The van der Waals surface area contributed by atoms with Gasteiger partial charge in [-0.2, -0.15) is 0 Å². The van der Waals surface area contributed by atoms with Crippen molar-refractivity contribution in [2.45, 2.75) is 13.5 Å². The summed E-state index contributed by atoms with van der Waals surface area (Å²) in [7, 11) is 0. The number of carbonyl (C=O) groups excluding carboxylic acids is 2. The standard InChI is InChI=1S/C15H16O8/c1-9(2)14(18)21-5-6-22-15(19)10-3-4-12(13(16)17)11(7-10)8-23-20/h3-4,7,20H,1,5-6,8H2,2H3,(H,16,17). The molecule has 0 radical (unpaired) electrons. The highest BCUT2D eigenvalue weighted by atomic mass is 17.1. The molecule has 0 heterocycles. The fourth-order valence-corrected chi connectivity index (χ4v) is 1.59. The monoisotopic (exact) mass is 324 g/mol. The second-order valence-corrected chi connectivity index (χ2v) is 4.50. The first-order valence-electron chi connectivity index (χ1n) is 6.49. The molecule has 1 aromatic carbocycles. The number of carboxylic acid groups (broad SMARTS) is 1. The zero-order valence-corrected chi connectivity index (χ0v) is 12.4. The van der Waals surface area contributed by atoms with Crippen LogP contribution in [0.4, 0.5) is 0 Å². The lowest BCUT2D eigenvalue weighted by molar-refractivity contribution is -0.253. The summed E-state index contributed by atoms with van der Waals surface area (Å²) in [6.07, 6.45) is 0. The number of hydrogen-bond donors (Lipinski definition) is 2. The average Bonchev–Trinajstić information content (AvgIpc) is 2.50. The number of rotatable bonds is 8. The van der Waals surface area contributed by atoms with E-state index >= 15 is 0 Å². The molecule has 0 unspecified atom stereocenters. The maximum absolute atomic E-state index is 11.8. The van der Waals surface area contributed by atoms with Gasteiger partial charge in [0.1, 0.15) is 19.8 Å². The lowest BCUT2D eigenvalue weighted by Crippen LogP contribution is -2.15. The summed E-state index contributed by atoms with van der Waals surface area (Å²) in [5, 5.41) is 17.4. The van der Waals surface area contributed by atoms with E-state index in [1.165, 1.54) is 25.1 Å². The highest BCUT2D eigenvalue weighted by Crippen LogP contribution is 2.14. The summed E-state index contributed by atoms with van der Waals surface area (Å²) in [6, 6.07) is 3.71. The Balaban J connectivity index is 2.66. The fraction of sp³-hybridized carbons (Fsp3) is 0.267. The van der Waals surface area contributed by atoms with Crippen LogP contribution in [-0.2, 0) is 25.8 Å². The van der Waals surface area contributed by atoms with E-state index in [0.29, 0.717) is 0 Å². The molecule has 0 saturated heterocycles. The third-order valence-electron chi connectivity index (χ3n) is 2.69. The van der Waals surface area contributed by atoms with E-state index in [-0.39, 0.29) is 42.1 Å². The van der Waals surface area contributed by atoms with Gasteiger partial charge >= 0.3 is 17.9 Å². The summed E-state index contributed by atoms with van der Waals surface area (Å²) < 4.78 is 9.65. The van der Waals surface area contributed by atoms with E-state index in [9.17, 15) is 14.4 Å². The quantitative estimate of drug-likeness (QED) is 0.243. The van der Waals surface area contributed by atoms with Crippen molar-refractivity contribution in [3.63, 3.8) is 0 Å². The minimum atomic E-state index is -1.22. The predicted molar refractivity (Wildman–Crippen MR) is 76.9 cm³/mol. The molecule has 23 heavy (non-hydrogen) atoms. The normalized spacial score (nSPS) is 10.0. The van der Waals surface area contributed by atoms with Crippen LogP contribution in [0.3, 0.4) is 0 Å². The lowest BCUT2D eigenvalue weighted by atomic mass is 10.0. The Labute approximate surface area is 131 Å². The van der Waals surface area contributed by atoms with Crippen molar-refractivity contribution in [3.8, 4) is 0 Å². The van der Waals surface area contributed by atoms with Gasteiger partial charge in [-0.25, -0.2) is 19.3 Å². The molecule has 124 valence electrons. The van der Waals surface area contributed by atoms with Crippen molar-refractivity contribution < 1.29 is 39.1 Å². The van der Waals surface area contributed by atoms with Gasteiger partial charge in [-0.1, -0.05) is 6.58 Å². The minimum Gasteiger partial charge on any atom is -0.478 e. The van der Waals surface area contributed by atoms with Crippen molar-refractivity contribution in [3.05, 3.63) is 47.0 Å². The number of benzene rings is 1. The maximum Gasteiger partial charge on any atom is 0.338 e. The van der Waals surface area contributed by atoms with Crippen molar-refractivity contribution in [2.24, 2.45) is 0 Å². The summed E-state index contributed by atoms with van der Waals surface area (Å²) in [4.78, 5) is 37.9. The van der Waals surface area contributed by atoms with Gasteiger partial charge in [0.05, 0.1) is 11.1 Å². The van der Waals surface area contributed by atoms with Crippen molar-refractivity contribution in [2.75, 3.05) is 13.2 Å². The second kappa shape index (κ2) is 8.66. The first kappa shape index (κ1) is 18.3. The summed E-state index contributed by atoms with van der Waals surface area (Å²) in [5.74, 6) is -2.54. The number of esters is 2. The molecule has 1 aromatic rings. The van der Waals surface area contributed by atoms with Crippen LogP contribution in [0, 0.1) is 0 Å². The molecule has 0 aliphatic rings. The van der Waals surface area contributed by atoms with Gasteiger partial charge < -0.3 is 14.6 Å². The van der Waals surface area contributed by atoms with Crippen LogP contribution >= 0.6 is 0 Å². The summed E-state index contributed by atoms with van der Waals surface area (Å²) >= 11 is 0. The molecule has 0 aromatic heterocycles. The maximum atomic E-state index is 11.8. The molecule has 1 rings (SSSR count). The first-order valence-corrected chi connectivity index (χ1v) is 6.49. The van der Waals surface area contributed by atoms with Crippen LogP contribution in [0.15, 0.2) is 30.4 Å². The van der Waals surface area contributed by atoms with Gasteiger partial charge in [0.15, 0.2) is 0 Å². The van der Waals surface area contributed by atoms with Crippen LogP contribution < -0.4 is 0 Å². The molecule has 0 aliphatic carbocycles. The molecule has 0 fully saturated rings. The van der Waals surface area contributed by atoms with Crippen LogP contribution in [0.1, 0.15) is 33.2 Å². The highest BCUT2D eigenvalue weighted by molar-refractivity contribution is 5.94. The number of ether oxygens (including phenoxy) is 2. The number of aromatic carboxylic acids is 1. The number of carboxylic acids is 1. The lowest BCUT2D eigenvalue weighted by Gasteiger charge is -2.09. The van der Waals surface area contributed by atoms with Gasteiger partial charge in [-0.15, -0.1) is 0 Å². The van der Waals surface area contributed by atoms with Crippen LogP contribution in [-0.4, -0.2) is 41.5 Å². The van der Waals surface area contributed by atoms with E-state index in [4.69, 9.17) is 19.8 Å². The van der Waals surface area contributed by atoms with E-state index < -0.39 is 17.9 Å². The Morgan fingerprint density at radius 1 is 1.17 bits per heavy atom. The largest absolute Gasteiger partial charge is 0.478 e. The van der Waals surface area contributed by atoms with Crippen molar-refractivity contribution in [1.29, 1.82) is 0 Å². The molecule has 0 spiro atoms. The van der Waals surface area contributed by atoms with Gasteiger partial charge in [0.2, 0.25) is 0 Å². The predicted octanol–water partition coefficient (Wildman–Crippen LogP) is 1.65. The first-order chi connectivity index (χ1) is 10.9. The smallest absolute Gasteiger partial charge is 0.338 e. The van der Waals surface area contributed by atoms with Crippen molar-refractivity contribution >= 4 is 17.9 Å². The molecule has 2 N–H and O–H groups in total. The van der Waals surface area contributed by atoms with Gasteiger partial charge in [-0.3, -0.25) is 5.26 Å². The molecule has 0 aliphatic heterocycles. The molecule has 0 amide bonds. The minimum absolute atomic E-state index is 0.0771. The molecule has 8 nitrogen and oxygen atoms in total. The molecule has 0 bridgehead atoms. The number of carbonyl (C=O) groups is 3. The van der Waals surface area contributed by atoms with Crippen molar-refractivity contribution in [1.82, 2.24) is 0 Å². The SMILES string of the molecule is C=C(C)C(=O)OCCOC(=O)c1ccc(C(=O)O)c(COO)c1. The molecular weight excluding hydrogens is 308 g/mol. The average molecular weight is 324 g/mol. The third-order valence-corrected chi connectivity index (χ3v) is 2.69. The van der Waals surface area contributed by atoms with Crippen LogP contribution in [0.25, 0.3) is 0 Å². The van der Waals surface area contributed by atoms with Gasteiger partial charge in [0.25, 0.3) is 0 Å². The summed E-state index contributed by atoms with van der Waals surface area (Å²) in [5.41, 5.74) is 0.316. The molecule has 0 saturated carbocycles. The Bertz CT molecular complexity index is 620. The second-order valence-electron chi connectivity index (χ2n) is 4.50. The summed E-state index contributed by atoms with van der Waals surface area (Å²) in [6.45, 7) is 4.21. The Hall–Kier alpha value is -2.71. The zero-order valence-electron chi connectivity index (χ0n) is 12.4. The van der Waals surface area contributed by atoms with E-state index in [2.05, 4.69) is 11.5 Å².